The lowest BCUT2D eigenvalue weighted by molar-refractivity contribution is -0.152. The van der Waals surface area contributed by atoms with Gasteiger partial charge >= 0.3 is 0 Å². The van der Waals surface area contributed by atoms with Gasteiger partial charge in [0.1, 0.15) is 6.04 Å². The molecule has 3 heterocycles. The largest absolute Gasteiger partial charge is 0.376 e. The van der Waals surface area contributed by atoms with Crippen molar-refractivity contribution >= 4 is 46.6 Å². The summed E-state index contributed by atoms with van der Waals surface area (Å²) < 4.78 is 6.70. The van der Waals surface area contributed by atoms with Crippen LogP contribution in [0.25, 0.3) is 0 Å². The maximum Gasteiger partial charge on any atom is 0.264 e. The fourth-order valence-corrected chi connectivity index (χ4v) is 8.39. The Morgan fingerprint density at radius 2 is 1.74 bits per heavy atom. The molecule has 2 saturated heterocycles. The molecule has 1 aromatic rings. The lowest BCUT2D eigenvalue weighted by Crippen LogP contribution is -2.65. The van der Waals surface area contributed by atoms with Crippen molar-refractivity contribution in [3.05, 3.63) is 20.8 Å². The van der Waals surface area contributed by atoms with Gasteiger partial charge in [-0.25, -0.2) is 0 Å². The minimum atomic E-state index is -0.865. The quantitative estimate of drug-likeness (QED) is 0.436. The molecule has 0 radical (unpaired) electrons. The van der Waals surface area contributed by atoms with E-state index in [1.165, 1.54) is 30.6 Å². The number of rotatable bonds is 9. The number of halogens is 1. The first-order valence-corrected chi connectivity index (χ1v) is 16.5. The lowest BCUT2D eigenvalue weighted by atomic mass is 9.70. The zero-order valence-electron chi connectivity index (χ0n) is 25.5. The number of hydrogen-bond donors (Lipinski definition) is 2. The molecule has 9 nitrogen and oxygen atoms in total. The number of hydrogen-bond acceptors (Lipinski definition) is 6. The van der Waals surface area contributed by atoms with Crippen LogP contribution in [0.2, 0.25) is 4.34 Å². The highest BCUT2D eigenvalue weighted by Gasteiger charge is 2.62. The number of likely N-dealkylation sites (tertiary alicyclic amines) is 2. The topological polar surface area (TPSA) is 108 Å². The third-order valence-corrected chi connectivity index (χ3v) is 11.4. The summed E-state index contributed by atoms with van der Waals surface area (Å²) in [5, 5.41) is 5.66. The van der Waals surface area contributed by atoms with Crippen LogP contribution in [0.1, 0.15) is 74.5 Å². The van der Waals surface area contributed by atoms with Gasteiger partial charge in [-0.2, -0.15) is 0 Å². The first-order chi connectivity index (χ1) is 19.8. The molecule has 2 aliphatic carbocycles. The molecule has 0 aromatic carbocycles. The number of thiophene rings is 1. The predicted octanol–water partition coefficient (Wildman–Crippen LogP) is 3.87. The van der Waals surface area contributed by atoms with Gasteiger partial charge in [0, 0.05) is 51.2 Å². The molecule has 232 valence electrons. The minimum absolute atomic E-state index is 0.0111. The third-order valence-electron chi connectivity index (χ3n) is 10.1. The number of ether oxygens (including phenoxy) is 1. The average Bonchev–Trinajstić information content (AvgIpc) is 3.24. The molecule has 5 rings (SSSR count). The summed E-state index contributed by atoms with van der Waals surface area (Å²) in [6.07, 6.45) is 6.26. The van der Waals surface area contributed by atoms with Crippen LogP contribution >= 0.6 is 22.9 Å². The van der Waals surface area contributed by atoms with Crippen molar-refractivity contribution in [2.24, 2.45) is 28.6 Å². The molecule has 1 spiro atoms. The molecule has 0 unspecified atom stereocenters. The number of carbonyl (C=O) groups is 4. The Bertz CT molecular complexity index is 1220. The van der Waals surface area contributed by atoms with Crippen molar-refractivity contribution in [1.29, 1.82) is 0 Å². The Morgan fingerprint density at radius 1 is 1.10 bits per heavy atom. The highest BCUT2D eigenvalue weighted by atomic mass is 35.5. The van der Waals surface area contributed by atoms with E-state index in [1.54, 1.807) is 18.0 Å². The van der Waals surface area contributed by atoms with E-state index in [2.05, 4.69) is 24.5 Å². The van der Waals surface area contributed by atoms with E-state index in [0.29, 0.717) is 41.4 Å². The normalized spacial score (nSPS) is 26.0. The molecule has 2 aliphatic heterocycles. The summed E-state index contributed by atoms with van der Waals surface area (Å²) in [6, 6.07) is 0.913. The number of aryl methyl sites for hydroxylation is 1. The van der Waals surface area contributed by atoms with Crippen molar-refractivity contribution in [2.75, 3.05) is 39.8 Å². The van der Waals surface area contributed by atoms with Gasteiger partial charge in [-0.1, -0.05) is 44.7 Å². The van der Waals surface area contributed by atoms with Crippen molar-refractivity contribution < 1.29 is 23.9 Å². The zero-order valence-corrected chi connectivity index (χ0v) is 27.0. The summed E-state index contributed by atoms with van der Waals surface area (Å²) in [4.78, 5) is 57.8. The predicted molar refractivity (Wildman–Crippen MR) is 162 cm³/mol. The number of nitrogens with one attached hydrogen (secondary N) is 2. The molecular weight excluding hydrogens is 576 g/mol. The number of amides is 4. The zero-order chi connectivity index (χ0) is 30.4. The van der Waals surface area contributed by atoms with Crippen LogP contribution in [0, 0.1) is 35.5 Å². The van der Waals surface area contributed by atoms with Crippen LogP contribution in [0.3, 0.4) is 0 Å². The van der Waals surface area contributed by atoms with Gasteiger partial charge in [0.15, 0.2) is 0 Å². The second-order valence-electron chi connectivity index (χ2n) is 13.7. The monoisotopic (exact) mass is 620 g/mol. The molecule has 42 heavy (non-hydrogen) atoms. The third kappa shape index (κ3) is 6.22. The molecule has 4 atom stereocenters. The first-order valence-electron chi connectivity index (χ1n) is 15.3. The summed E-state index contributed by atoms with van der Waals surface area (Å²) in [6.45, 7) is 9.88. The Balaban J connectivity index is 1.31. The summed E-state index contributed by atoms with van der Waals surface area (Å²) in [7, 11) is 1.55. The fourth-order valence-electron chi connectivity index (χ4n) is 7.13. The van der Waals surface area contributed by atoms with Crippen LogP contribution in [0.15, 0.2) is 6.07 Å². The molecule has 1 aromatic heterocycles. The Labute approximate surface area is 258 Å². The maximum absolute atomic E-state index is 14.0. The minimum Gasteiger partial charge on any atom is -0.376 e. The van der Waals surface area contributed by atoms with E-state index >= 15 is 0 Å². The van der Waals surface area contributed by atoms with Gasteiger partial charge in [0.05, 0.1) is 21.2 Å². The second kappa shape index (κ2) is 12.1. The number of likely N-dealkylation sites (N-methyl/N-ethyl adjacent to an activating group) is 1. The summed E-state index contributed by atoms with van der Waals surface area (Å²) in [5.41, 5.74) is 0.253. The number of nitrogens with zero attached hydrogens (tertiary/aromatic N) is 2. The van der Waals surface area contributed by atoms with E-state index in [0.717, 1.165) is 24.8 Å². The summed E-state index contributed by atoms with van der Waals surface area (Å²) in [5.74, 6) is -0.702. The average molecular weight is 621 g/mol. The van der Waals surface area contributed by atoms with E-state index in [-0.39, 0.29) is 41.5 Å². The van der Waals surface area contributed by atoms with E-state index in [4.69, 9.17) is 16.3 Å². The van der Waals surface area contributed by atoms with Gasteiger partial charge in [0.25, 0.3) is 5.91 Å². The Hall–Kier alpha value is -2.17. The van der Waals surface area contributed by atoms with Gasteiger partial charge < -0.3 is 25.2 Å². The van der Waals surface area contributed by atoms with E-state index < -0.39 is 23.5 Å². The molecular formula is C31H45ClN4O5S. The molecule has 2 N–H and O–H groups in total. The standard InChI is InChI=1S/C31H45ClN4O5S/c1-18-11-23(32)42-25(18)29(40)35-13-22(31(15-35)16-36(17-31)28(39)21-12-30(21,3)4)26(37)34-24(27(38)33-5)19(2)41-14-20-9-7-6-8-10-20/h11,19-22,24H,6-10,12-17H2,1-5H3,(H,33,38)(H,34,37)/t19-,21-,22-,24+/m1/s1. The Morgan fingerprint density at radius 3 is 2.31 bits per heavy atom. The van der Waals surface area contributed by atoms with Crippen LogP contribution in [0.5, 0.6) is 0 Å². The molecule has 11 heteroatoms. The van der Waals surface area contributed by atoms with Crippen LogP contribution < -0.4 is 10.6 Å². The molecule has 4 amide bonds. The molecule has 0 bridgehead atoms. The number of carbonyl (C=O) groups excluding carboxylic acids is 4. The van der Waals surface area contributed by atoms with E-state index in [9.17, 15) is 19.2 Å². The fraction of sp³-hybridized carbons (Fsp3) is 0.742. The molecule has 4 fully saturated rings. The van der Waals surface area contributed by atoms with Crippen molar-refractivity contribution in [3.8, 4) is 0 Å². The van der Waals surface area contributed by atoms with Gasteiger partial charge in [-0.05, 0) is 56.1 Å². The SMILES string of the molecule is CNC(=O)[C@@H](NC(=O)[C@H]1CN(C(=O)c2sc(Cl)cc2C)CC12CN(C(=O)[C@H]1CC1(C)C)C2)[C@@H](C)OCC1CCCCC1. The van der Waals surface area contributed by atoms with Gasteiger partial charge in [-0.15, -0.1) is 11.3 Å². The van der Waals surface area contributed by atoms with Crippen molar-refractivity contribution in [3.63, 3.8) is 0 Å². The van der Waals surface area contributed by atoms with Crippen molar-refractivity contribution in [1.82, 2.24) is 20.4 Å². The maximum atomic E-state index is 14.0. The van der Waals surface area contributed by atoms with Crippen LogP contribution in [-0.4, -0.2) is 85.4 Å². The van der Waals surface area contributed by atoms with Crippen molar-refractivity contribution in [2.45, 2.75) is 78.4 Å². The van der Waals surface area contributed by atoms with Gasteiger partial charge in [0.2, 0.25) is 17.7 Å². The van der Waals surface area contributed by atoms with Crippen LogP contribution in [-0.2, 0) is 19.1 Å². The Kier molecular flexibility index (Phi) is 8.99. The highest BCUT2D eigenvalue weighted by Crippen LogP contribution is 2.54. The van der Waals surface area contributed by atoms with Crippen LogP contribution in [0.4, 0.5) is 0 Å². The lowest BCUT2D eigenvalue weighted by Gasteiger charge is -2.50. The smallest absolute Gasteiger partial charge is 0.264 e. The second-order valence-corrected chi connectivity index (χ2v) is 15.4. The highest BCUT2D eigenvalue weighted by molar-refractivity contribution is 7.18. The van der Waals surface area contributed by atoms with E-state index in [1.807, 2.05) is 18.7 Å². The summed E-state index contributed by atoms with van der Waals surface area (Å²) >= 11 is 7.44. The molecule has 4 aliphatic rings. The first kappa shape index (κ1) is 31.3. The van der Waals surface area contributed by atoms with Gasteiger partial charge in [-0.3, -0.25) is 19.2 Å². The molecule has 2 saturated carbocycles.